The number of aryl methyl sites for hydroxylation is 2. The Balaban J connectivity index is 1.54. The Kier molecular flexibility index (Phi) is 5.43. The summed E-state index contributed by atoms with van der Waals surface area (Å²) in [6, 6.07) is 21.1. The van der Waals surface area contributed by atoms with Crippen LogP contribution in [-0.4, -0.2) is 21.1 Å². The summed E-state index contributed by atoms with van der Waals surface area (Å²) in [5, 5.41) is 0. The summed E-state index contributed by atoms with van der Waals surface area (Å²) in [7, 11) is -3.81. The predicted molar refractivity (Wildman–Crippen MR) is 114 cm³/mol. The average Bonchev–Trinajstić information content (AvgIpc) is 3.15. The quantitative estimate of drug-likeness (QED) is 0.543. The van der Waals surface area contributed by atoms with E-state index < -0.39 is 10.1 Å². The van der Waals surface area contributed by atoms with Gasteiger partial charge in [-0.3, -0.25) is 4.18 Å². The molecule has 1 aliphatic heterocycles. The van der Waals surface area contributed by atoms with Gasteiger partial charge < -0.3 is 4.74 Å². The van der Waals surface area contributed by atoms with Gasteiger partial charge in [-0.2, -0.15) is 8.42 Å². The molecule has 0 aromatic heterocycles. The highest BCUT2D eigenvalue weighted by atomic mass is 32.2. The second-order valence-corrected chi connectivity index (χ2v) is 8.96. The maximum Gasteiger partial charge on any atom is 0.297 e. The Bertz CT molecular complexity index is 1100. The smallest absolute Gasteiger partial charge is 0.297 e. The molecule has 0 amide bonds. The highest BCUT2D eigenvalue weighted by Crippen LogP contribution is 2.40. The van der Waals surface area contributed by atoms with Crippen molar-refractivity contribution in [3.63, 3.8) is 0 Å². The molecule has 0 N–H and O–H groups in total. The van der Waals surface area contributed by atoms with Crippen LogP contribution in [0.5, 0.6) is 5.75 Å². The van der Waals surface area contributed by atoms with Gasteiger partial charge in [-0.25, -0.2) is 0 Å². The minimum Gasteiger partial charge on any atom is -0.487 e. The highest BCUT2D eigenvalue weighted by molar-refractivity contribution is 7.86. The third-order valence-electron chi connectivity index (χ3n) is 5.17. The average molecular weight is 409 g/mol. The minimum atomic E-state index is -3.81. The molecule has 0 radical (unpaired) electrons. The van der Waals surface area contributed by atoms with Crippen molar-refractivity contribution in [2.24, 2.45) is 0 Å². The van der Waals surface area contributed by atoms with Crippen molar-refractivity contribution in [2.45, 2.75) is 37.7 Å². The molecule has 0 fully saturated rings. The molecular formula is C24H24O4S. The van der Waals surface area contributed by atoms with Gasteiger partial charge in [-0.15, -0.1) is 0 Å². The van der Waals surface area contributed by atoms with Crippen LogP contribution in [-0.2, 0) is 27.1 Å². The Hall–Kier alpha value is -2.63. The lowest BCUT2D eigenvalue weighted by Gasteiger charge is -2.14. The van der Waals surface area contributed by atoms with Crippen molar-refractivity contribution in [2.75, 3.05) is 6.61 Å². The maximum atomic E-state index is 12.5. The number of hydrogen-bond acceptors (Lipinski definition) is 4. The molecule has 0 bridgehead atoms. The number of rotatable bonds is 6. The summed E-state index contributed by atoms with van der Waals surface area (Å²) in [6.07, 6.45) is 1.22. The summed E-state index contributed by atoms with van der Waals surface area (Å²) in [5.74, 6) is 0.828. The van der Waals surface area contributed by atoms with Crippen molar-refractivity contribution in [1.29, 1.82) is 0 Å². The van der Waals surface area contributed by atoms with Crippen molar-refractivity contribution >= 4 is 10.1 Å². The number of benzene rings is 3. The van der Waals surface area contributed by atoms with Crippen LogP contribution in [0.15, 0.2) is 71.6 Å². The topological polar surface area (TPSA) is 52.6 Å². The standard InChI is InChI=1S/C24H24O4S/c1-3-18-13-20-15-21(16-27-29(25,26)22-11-9-17(2)10-12-22)28-24(20)23(14-18)19-7-5-4-6-8-19/h4-14,21H,3,15-16H2,1-2H3. The van der Waals surface area contributed by atoms with Gasteiger partial charge in [0.15, 0.2) is 0 Å². The Labute approximate surface area is 172 Å². The zero-order chi connectivity index (χ0) is 20.4. The zero-order valence-corrected chi connectivity index (χ0v) is 17.4. The second kappa shape index (κ2) is 8.01. The number of hydrogen-bond donors (Lipinski definition) is 0. The van der Waals surface area contributed by atoms with E-state index in [2.05, 4.69) is 31.2 Å². The van der Waals surface area contributed by atoms with Crippen LogP contribution in [0.1, 0.15) is 23.6 Å². The Morgan fingerprint density at radius 2 is 1.76 bits per heavy atom. The van der Waals surface area contributed by atoms with Gasteiger partial charge in [0.05, 0.1) is 4.90 Å². The summed E-state index contributed by atoms with van der Waals surface area (Å²) in [5.41, 5.74) is 5.47. The molecule has 4 rings (SSSR count). The van der Waals surface area contributed by atoms with E-state index in [1.54, 1.807) is 24.3 Å². The van der Waals surface area contributed by atoms with Gasteiger partial charge in [-0.1, -0.05) is 61.0 Å². The first kappa shape index (κ1) is 19.7. The third-order valence-corrected chi connectivity index (χ3v) is 6.47. The van der Waals surface area contributed by atoms with Crippen LogP contribution in [0.4, 0.5) is 0 Å². The van der Waals surface area contributed by atoms with E-state index in [0.29, 0.717) is 6.42 Å². The fraction of sp³-hybridized carbons (Fsp3) is 0.250. The van der Waals surface area contributed by atoms with Crippen LogP contribution in [0.3, 0.4) is 0 Å². The molecule has 150 valence electrons. The van der Waals surface area contributed by atoms with E-state index in [9.17, 15) is 8.42 Å². The summed E-state index contributed by atoms with van der Waals surface area (Å²) < 4.78 is 36.4. The lowest BCUT2D eigenvalue weighted by molar-refractivity contribution is 0.152. The zero-order valence-electron chi connectivity index (χ0n) is 16.6. The van der Waals surface area contributed by atoms with Crippen LogP contribution in [0, 0.1) is 6.92 Å². The van der Waals surface area contributed by atoms with Gasteiger partial charge >= 0.3 is 0 Å². The van der Waals surface area contributed by atoms with Crippen LogP contribution in [0.25, 0.3) is 11.1 Å². The maximum absolute atomic E-state index is 12.5. The van der Waals surface area contributed by atoms with Crippen molar-refractivity contribution in [1.82, 2.24) is 0 Å². The van der Waals surface area contributed by atoms with E-state index in [0.717, 1.165) is 34.4 Å². The Morgan fingerprint density at radius 1 is 1.03 bits per heavy atom. The first-order chi connectivity index (χ1) is 14.0. The highest BCUT2D eigenvalue weighted by Gasteiger charge is 2.29. The largest absolute Gasteiger partial charge is 0.487 e. The molecule has 1 heterocycles. The van der Waals surface area contributed by atoms with Crippen molar-refractivity contribution < 1.29 is 17.3 Å². The SMILES string of the molecule is CCc1cc2c(c(-c3ccccc3)c1)OC(COS(=O)(=O)c1ccc(C)cc1)C2. The molecule has 0 aliphatic carbocycles. The third kappa shape index (κ3) is 4.21. The summed E-state index contributed by atoms with van der Waals surface area (Å²) in [6.45, 7) is 4.03. The predicted octanol–water partition coefficient (Wildman–Crippen LogP) is 4.93. The van der Waals surface area contributed by atoms with Gasteiger partial charge in [0.1, 0.15) is 18.5 Å². The van der Waals surface area contributed by atoms with Gasteiger partial charge in [0.2, 0.25) is 0 Å². The van der Waals surface area contributed by atoms with Crippen LogP contribution >= 0.6 is 0 Å². The molecule has 0 saturated carbocycles. The minimum absolute atomic E-state index is 0.0133. The molecule has 3 aromatic carbocycles. The van der Waals surface area contributed by atoms with E-state index in [-0.39, 0.29) is 17.6 Å². The molecule has 29 heavy (non-hydrogen) atoms. The monoisotopic (exact) mass is 408 g/mol. The summed E-state index contributed by atoms with van der Waals surface area (Å²) in [4.78, 5) is 0.164. The molecular weight excluding hydrogens is 384 g/mol. The van der Waals surface area contributed by atoms with Crippen LogP contribution in [0.2, 0.25) is 0 Å². The molecule has 1 aliphatic rings. The fourth-order valence-electron chi connectivity index (χ4n) is 3.57. The molecule has 3 aromatic rings. The first-order valence-electron chi connectivity index (χ1n) is 9.80. The number of ether oxygens (including phenoxy) is 1. The normalized spacial score (nSPS) is 15.7. The molecule has 4 nitrogen and oxygen atoms in total. The molecule has 5 heteroatoms. The second-order valence-electron chi connectivity index (χ2n) is 7.35. The summed E-state index contributed by atoms with van der Waals surface area (Å²) >= 11 is 0. The van der Waals surface area contributed by atoms with E-state index >= 15 is 0 Å². The number of fused-ring (bicyclic) bond motifs is 1. The molecule has 1 unspecified atom stereocenters. The van der Waals surface area contributed by atoms with Crippen molar-refractivity contribution in [3.8, 4) is 16.9 Å². The first-order valence-corrected chi connectivity index (χ1v) is 11.2. The van der Waals surface area contributed by atoms with Gasteiger partial charge in [0, 0.05) is 12.0 Å². The molecule has 1 atom stereocenters. The van der Waals surface area contributed by atoms with Gasteiger partial charge in [0.25, 0.3) is 10.1 Å². The fourth-order valence-corrected chi connectivity index (χ4v) is 4.50. The lowest BCUT2D eigenvalue weighted by atomic mass is 9.96. The van der Waals surface area contributed by atoms with E-state index in [4.69, 9.17) is 8.92 Å². The molecule has 0 spiro atoms. The lowest BCUT2D eigenvalue weighted by Crippen LogP contribution is -2.23. The van der Waals surface area contributed by atoms with Crippen LogP contribution < -0.4 is 4.74 Å². The van der Waals surface area contributed by atoms with Gasteiger partial charge in [-0.05, 0) is 48.2 Å². The van der Waals surface area contributed by atoms with E-state index in [1.165, 1.54) is 5.56 Å². The van der Waals surface area contributed by atoms with E-state index in [1.807, 2.05) is 25.1 Å². The molecule has 0 saturated heterocycles. The van der Waals surface area contributed by atoms with Crippen molar-refractivity contribution in [3.05, 3.63) is 83.4 Å². The Morgan fingerprint density at radius 3 is 2.45 bits per heavy atom.